The molecule has 0 bridgehead atoms. The number of thiophene rings is 1. The van der Waals surface area contributed by atoms with Gasteiger partial charge in [0.25, 0.3) is 0 Å². The standard InChI is InChI=1S/C25H17ClN2S/c1-25(2)17-11-5-3-8-14(17)20-16(10-7-12-18(20)25)24-27-21-15-9-4-6-13-19(15)29-22(21)23(26)28-24/h3-13H,1-2H3. The zero-order chi connectivity index (χ0) is 19.8. The van der Waals surface area contributed by atoms with Gasteiger partial charge in [-0.25, -0.2) is 9.97 Å². The number of hydrogen-bond acceptors (Lipinski definition) is 3. The summed E-state index contributed by atoms with van der Waals surface area (Å²) in [7, 11) is 0. The van der Waals surface area contributed by atoms with Crippen LogP contribution in [-0.4, -0.2) is 9.97 Å². The minimum atomic E-state index is -0.0507. The quantitative estimate of drug-likeness (QED) is 0.267. The van der Waals surface area contributed by atoms with Crippen molar-refractivity contribution in [3.05, 3.63) is 83.0 Å². The van der Waals surface area contributed by atoms with Crippen molar-refractivity contribution in [1.29, 1.82) is 0 Å². The van der Waals surface area contributed by atoms with Gasteiger partial charge in [0.15, 0.2) is 11.0 Å². The molecular weight excluding hydrogens is 396 g/mol. The Labute approximate surface area is 177 Å². The largest absolute Gasteiger partial charge is 0.226 e. The first-order chi connectivity index (χ1) is 14.1. The van der Waals surface area contributed by atoms with E-state index >= 15 is 0 Å². The lowest BCUT2D eigenvalue weighted by atomic mass is 9.82. The summed E-state index contributed by atoms with van der Waals surface area (Å²) in [5.74, 6) is 0.690. The zero-order valence-corrected chi connectivity index (χ0v) is 17.6. The predicted molar refractivity (Wildman–Crippen MR) is 123 cm³/mol. The van der Waals surface area contributed by atoms with Crippen LogP contribution >= 0.6 is 22.9 Å². The van der Waals surface area contributed by atoms with E-state index in [-0.39, 0.29) is 5.41 Å². The Morgan fingerprint density at radius 2 is 1.52 bits per heavy atom. The predicted octanol–water partition coefficient (Wildman–Crippen LogP) is 7.47. The minimum absolute atomic E-state index is 0.0507. The van der Waals surface area contributed by atoms with Crippen LogP contribution in [0, 0.1) is 0 Å². The third-order valence-electron chi connectivity index (χ3n) is 6.03. The number of benzene rings is 3. The fraction of sp³-hybridized carbons (Fsp3) is 0.120. The molecule has 5 aromatic rings. The molecule has 0 saturated heterocycles. The molecule has 1 aliphatic rings. The van der Waals surface area contributed by atoms with Crippen molar-refractivity contribution in [2.45, 2.75) is 19.3 Å². The lowest BCUT2D eigenvalue weighted by Crippen LogP contribution is -2.14. The Bertz CT molecular complexity index is 1450. The highest BCUT2D eigenvalue weighted by atomic mass is 35.5. The monoisotopic (exact) mass is 412 g/mol. The molecule has 0 saturated carbocycles. The van der Waals surface area contributed by atoms with Gasteiger partial charge in [-0.05, 0) is 28.3 Å². The smallest absolute Gasteiger partial charge is 0.162 e. The van der Waals surface area contributed by atoms with Gasteiger partial charge in [-0.3, -0.25) is 0 Å². The maximum Gasteiger partial charge on any atom is 0.162 e. The lowest BCUT2D eigenvalue weighted by Gasteiger charge is -2.21. The highest BCUT2D eigenvalue weighted by molar-refractivity contribution is 7.26. The van der Waals surface area contributed by atoms with Crippen molar-refractivity contribution < 1.29 is 0 Å². The second-order valence-corrected chi connectivity index (χ2v) is 9.42. The average Bonchev–Trinajstić information content (AvgIpc) is 3.23. The van der Waals surface area contributed by atoms with Crippen molar-refractivity contribution >= 4 is 43.2 Å². The number of fused-ring (bicyclic) bond motifs is 6. The number of halogens is 1. The van der Waals surface area contributed by atoms with E-state index in [1.54, 1.807) is 11.3 Å². The van der Waals surface area contributed by atoms with Gasteiger partial charge in [-0.2, -0.15) is 0 Å². The lowest BCUT2D eigenvalue weighted by molar-refractivity contribution is 0.660. The zero-order valence-electron chi connectivity index (χ0n) is 16.0. The molecule has 0 unspecified atom stereocenters. The second kappa shape index (κ2) is 5.88. The van der Waals surface area contributed by atoms with Gasteiger partial charge >= 0.3 is 0 Å². The van der Waals surface area contributed by atoms with Gasteiger partial charge < -0.3 is 0 Å². The van der Waals surface area contributed by atoms with Crippen molar-refractivity contribution in [2.24, 2.45) is 0 Å². The van der Waals surface area contributed by atoms with Crippen molar-refractivity contribution in [2.75, 3.05) is 0 Å². The molecule has 4 heteroatoms. The Morgan fingerprint density at radius 3 is 2.41 bits per heavy atom. The average molecular weight is 413 g/mol. The molecule has 2 aromatic heterocycles. The Morgan fingerprint density at radius 1 is 0.793 bits per heavy atom. The maximum absolute atomic E-state index is 6.65. The van der Waals surface area contributed by atoms with E-state index < -0.39 is 0 Å². The second-order valence-electron chi connectivity index (χ2n) is 8.01. The molecule has 29 heavy (non-hydrogen) atoms. The normalized spacial score (nSPS) is 14.3. The summed E-state index contributed by atoms with van der Waals surface area (Å²) in [6, 6.07) is 23.4. The van der Waals surface area contributed by atoms with Crippen molar-refractivity contribution in [3.63, 3.8) is 0 Å². The van der Waals surface area contributed by atoms with Gasteiger partial charge in [0, 0.05) is 21.1 Å². The van der Waals surface area contributed by atoms with E-state index in [0.29, 0.717) is 11.0 Å². The van der Waals surface area contributed by atoms with Crippen LogP contribution in [0.15, 0.2) is 66.7 Å². The molecule has 0 amide bonds. The molecule has 0 N–H and O–H groups in total. The van der Waals surface area contributed by atoms with E-state index in [1.807, 2.05) is 12.1 Å². The third kappa shape index (κ3) is 2.29. The van der Waals surface area contributed by atoms with Crippen LogP contribution in [-0.2, 0) is 5.41 Å². The maximum atomic E-state index is 6.65. The van der Waals surface area contributed by atoms with Crippen LogP contribution < -0.4 is 0 Å². The van der Waals surface area contributed by atoms with E-state index in [2.05, 4.69) is 68.4 Å². The first-order valence-electron chi connectivity index (χ1n) is 9.64. The summed E-state index contributed by atoms with van der Waals surface area (Å²) in [5.41, 5.74) is 7.07. The Hall–Kier alpha value is -2.75. The van der Waals surface area contributed by atoms with Gasteiger partial charge in [-0.1, -0.05) is 86.1 Å². The van der Waals surface area contributed by atoms with Crippen molar-refractivity contribution in [1.82, 2.24) is 9.97 Å². The molecule has 140 valence electrons. The molecule has 2 heterocycles. The minimum Gasteiger partial charge on any atom is -0.226 e. The molecule has 3 aromatic carbocycles. The van der Waals surface area contributed by atoms with Crippen LogP contribution in [0.1, 0.15) is 25.0 Å². The fourth-order valence-electron chi connectivity index (χ4n) is 4.62. The molecule has 0 aliphatic heterocycles. The number of rotatable bonds is 1. The third-order valence-corrected chi connectivity index (χ3v) is 7.58. The summed E-state index contributed by atoms with van der Waals surface area (Å²) >= 11 is 8.30. The van der Waals surface area contributed by atoms with Gasteiger partial charge in [0.2, 0.25) is 0 Å². The van der Waals surface area contributed by atoms with E-state index in [4.69, 9.17) is 21.6 Å². The number of nitrogens with zero attached hydrogens (tertiary/aromatic N) is 2. The molecule has 0 atom stereocenters. The molecule has 2 nitrogen and oxygen atoms in total. The van der Waals surface area contributed by atoms with Crippen LogP contribution in [0.3, 0.4) is 0 Å². The van der Waals surface area contributed by atoms with E-state index in [1.165, 1.54) is 27.0 Å². The fourth-order valence-corrected chi connectivity index (χ4v) is 5.93. The summed E-state index contributed by atoms with van der Waals surface area (Å²) in [5, 5.41) is 1.65. The highest BCUT2D eigenvalue weighted by Crippen LogP contribution is 2.51. The summed E-state index contributed by atoms with van der Waals surface area (Å²) in [6.07, 6.45) is 0. The number of hydrogen-bond donors (Lipinski definition) is 0. The van der Waals surface area contributed by atoms with Crippen LogP contribution in [0.25, 0.3) is 42.8 Å². The first kappa shape index (κ1) is 17.1. The van der Waals surface area contributed by atoms with Crippen LogP contribution in [0.5, 0.6) is 0 Å². The van der Waals surface area contributed by atoms with Gasteiger partial charge in [0.1, 0.15) is 0 Å². The summed E-state index contributed by atoms with van der Waals surface area (Å²) < 4.78 is 2.13. The highest BCUT2D eigenvalue weighted by Gasteiger charge is 2.37. The van der Waals surface area contributed by atoms with Gasteiger partial charge in [0.05, 0.1) is 10.2 Å². The Balaban J connectivity index is 1.69. The SMILES string of the molecule is CC1(C)c2ccccc2-c2c(-c3nc(Cl)c4sc5ccccc5c4n3)cccc21. The van der Waals surface area contributed by atoms with Crippen LogP contribution in [0.4, 0.5) is 0 Å². The molecule has 0 fully saturated rings. The first-order valence-corrected chi connectivity index (χ1v) is 10.8. The summed E-state index contributed by atoms with van der Waals surface area (Å²) in [4.78, 5) is 9.74. The Kier molecular flexibility index (Phi) is 3.48. The van der Waals surface area contributed by atoms with Crippen LogP contribution in [0.2, 0.25) is 5.15 Å². The van der Waals surface area contributed by atoms with Crippen molar-refractivity contribution in [3.8, 4) is 22.5 Å². The molecule has 1 aliphatic carbocycles. The molecule has 0 radical (unpaired) electrons. The molecular formula is C25H17ClN2S. The van der Waals surface area contributed by atoms with Gasteiger partial charge in [-0.15, -0.1) is 11.3 Å². The van der Waals surface area contributed by atoms with E-state index in [9.17, 15) is 0 Å². The number of aromatic nitrogens is 2. The topological polar surface area (TPSA) is 25.8 Å². The summed E-state index contributed by atoms with van der Waals surface area (Å²) in [6.45, 7) is 4.57. The molecule has 0 spiro atoms. The molecule has 6 rings (SSSR count). The van der Waals surface area contributed by atoms with E-state index in [0.717, 1.165) is 21.2 Å².